The predicted molar refractivity (Wildman–Crippen MR) is 111 cm³/mol. The minimum absolute atomic E-state index is 0.0517. The summed E-state index contributed by atoms with van der Waals surface area (Å²) in [5.74, 6) is 2.35. The number of fused-ring (bicyclic) bond motifs is 2. The van der Waals surface area contributed by atoms with Crippen LogP contribution >= 0.6 is 0 Å². The van der Waals surface area contributed by atoms with Gasteiger partial charge in [0.2, 0.25) is 0 Å². The summed E-state index contributed by atoms with van der Waals surface area (Å²) < 4.78 is 5.62. The maximum absolute atomic E-state index is 13.1. The number of benzene rings is 1. The molecule has 2 aliphatic heterocycles. The second kappa shape index (κ2) is 7.26. The average molecular weight is 390 g/mol. The molecule has 0 N–H and O–H groups in total. The minimum atomic E-state index is 0.0517. The Morgan fingerprint density at radius 3 is 2.83 bits per heavy atom. The molecule has 1 saturated heterocycles. The van der Waals surface area contributed by atoms with Crippen LogP contribution in [0.25, 0.3) is 11.0 Å². The highest BCUT2D eigenvalue weighted by Gasteiger charge is 2.26. The van der Waals surface area contributed by atoms with E-state index in [-0.39, 0.29) is 5.91 Å². The van der Waals surface area contributed by atoms with Gasteiger partial charge in [-0.25, -0.2) is 9.97 Å². The van der Waals surface area contributed by atoms with E-state index in [4.69, 9.17) is 9.40 Å². The maximum atomic E-state index is 13.1. The van der Waals surface area contributed by atoms with Crippen LogP contribution in [0.3, 0.4) is 0 Å². The molecular weight excluding hydrogens is 364 g/mol. The van der Waals surface area contributed by atoms with Crippen LogP contribution in [0, 0.1) is 6.92 Å². The third-order valence-corrected chi connectivity index (χ3v) is 6.21. The van der Waals surface area contributed by atoms with Gasteiger partial charge in [0, 0.05) is 48.1 Å². The van der Waals surface area contributed by atoms with Gasteiger partial charge in [-0.1, -0.05) is 0 Å². The van der Waals surface area contributed by atoms with Crippen molar-refractivity contribution in [2.75, 3.05) is 26.7 Å². The Morgan fingerprint density at radius 1 is 1.17 bits per heavy atom. The normalized spacial score (nSPS) is 18.2. The van der Waals surface area contributed by atoms with Gasteiger partial charge in [0.15, 0.2) is 0 Å². The highest BCUT2D eigenvalue weighted by atomic mass is 16.3. The summed E-state index contributed by atoms with van der Waals surface area (Å²) in [5.41, 5.74) is 3.70. The van der Waals surface area contributed by atoms with Crippen LogP contribution in [0.1, 0.15) is 52.0 Å². The van der Waals surface area contributed by atoms with Crippen LogP contribution in [0.2, 0.25) is 0 Å². The summed E-state index contributed by atoms with van der Waals surface area (Å²) in [5, 5.41) is 0.969. The lowest BCUT2D eigenvalue weighted by Crippen LogP contribution is -2.37. The Morgan fingerprint density at radius 2 is 2.00 bits per heavy atom. The monoisotopic (exact) mass is 390 g/mol. The first kappa shape index (κ1) is 18.3. The van der Waals surface area contributed by atoms with Gasteiger partial charge in [-0.2, -0.15) is 0 Å². The first-order valence-electron chi connectivity index (χ1n) is 10.4. The number of furan rings is 1. The molecule has 0 aliphatic carbocycles. The fraction of sp³-hybridized carbons (Fsp3) is 0.435. The van der Waals surface area contributed by atoms with E-state index in [1.165, 1.54) is 0 Å². The number of amides is 1. The molecule has 1 fully saturated rings. The Kier molecular flexibility index (Phi) is 4.59. The molecule has 3 aromatic rings. The van der Waals surface area contributed by atoms with E-state index >= 15 is 0 Å². The fourth-order valence-corrected chi connectivity index (χ4v) is 4.46. The summed E-state index contributed by atoms with van der Waals surface area (Å²) >= 11 is 0. The van der Waals surface area contributed by atoms with Crippen LogP contribution in [0.15, 0.2) is 34.9 Å². The van der Waals surface area contributed by atoms with Crippen LogP contribution in [-0.4, -0.2) is 52.4 Å². The van der Waals surface area contributed by atoms with Crippen LogP contribution in [-0.2, 0) is 13.0 Å². The maximum Gasteiger partial charge on any atom is 0.254 e. The lowest BCUT2D eigenvalue weighted by molar-refractivity contribution is 0.0733. The highest BCUT2D eigenvalue weighted by Crippen LogP contribution is 2.27. The molecule has 150 valence electrons. The molecule has 0 bridgehead atoms. The van der Waals surface area contributed by atoms with Gasteiger partial charge in [-0.3, -0.25) is 4.79 Å². The lowest BCUT2D eigenvalue weighted by atomic mass is 9.95. The van der Waals surface area contributed by atoms with Crippen molar-refractivity contribution in [3.63, 3.8) is 0 Å². The minimum Gasteiger partial charge on any atom is -0.461 e. The van der Waals surface area contributed by atoms with E-state index in [9.17, 15) is 4.79 Å². The zero-order valence-corrected chi connectivity index (χ0v) is 17.0. The Balaban J connectivity index is 1.33. The van der Waals surface area contributed by atoms with Gasteiger partial charge in [0.25, 0.3) is 5.91 Å². The fourth-order valence-electron chi connectivity index (χ4n) is 4.46. The zero-order valence-electron chi connectivity index (χ0n) is 17.0. The van der Waals surface area contributed by atoms with Gasteiger partial charge < -0.3 is 14.2 Å². The van der Waals surface area contributed by atoms with E-state index in [2.05, 4.69) is 16.9 Å². The number of carbonyl (C=O) groups is 1. The molecule has 29 heavy (non-hydrogen) atoms. The summed E-state index contributed by atoms with van der Waals surface area (Å²) in [6, 6.07) is 7.62. The number of aromatic nitrogens is 2. The third-order valence-electron chi connectivity index (χ3n) is 6.21. The van der Waals surface area contributed by atoms with Crippen molar-refractivity contribution < 1.29 is 9.21 Å². The molecule has 1 amide bonds. The number of piperidine rings is 1. The number of rotatable bonds is 2. The van der Waals surface area contributed by atoms with Crippen LogP contribution in [0.4, 0.5) is 0 Å². The summed E-state index contributed by atoms with van der Waals surface area (Å²) in [4.78, 5) is 26.9. The smallest absolute Gasteiger partial charge is 0.254 e. The zero-order chi connectivity index (χ0) is 20.0. The molecule has 6 nitrogen and oxygen atoms in total. The van der Waals surface area contributed by atoms with Gasteiger partial charge in [0.05, 0.1) is 5.69 Å². The Bertz CT molecular complexity index is 1070. The molecule has 2 aliphatic rings. The molecular formula is C23H26N4O2. The Hall–Kier alpha value is -2.73. The van der Waals surface area contributed by atoms with Crippen LogP contribution < -0.4 is 0 Å². The average Bonchev–Trinajstić information content (AvgIpc) is 3.12. The number of hydrogen-bond donors (Lipinski definition) is 0. The number of carbonyl (C=O) groups excluding carboxylic acids is 1. The van der Waals surface area contributed by atoms with Crippen molar-refractivity contribution in [1.29, 1.82) is 0 Å². The Labute approximate surface area is 170 Å². The number of nitrogens with zero attached hydrogens (tertiary/aromatic N) is 4. The molecule has 0 saturated carbocycles. The molecule has 0 spiro atoms. The van der Waals surface area contributed by atoms with Crippen molar-refractivity contribution in [3.8, 4) is 0 Å². The topological polar surface area (TPSA) is 62.5 Å². The van der Waals surface area contributed by atoms with Crippen LogP contribution in [0.5, 0.6) is 0 Å². The van der Waals surface area contributed by atoms with Crippen molar-refractivity contribution in [2.24, 2.45) is 0 Å². The lowest BCUT2D eigenvalue weighted by Gasteiger charge is -2.30. The van der Waals surface area contributed by atoms with Gasteiger partial charge in [-0.15, -0.1) is 0 Å². The standard InChI is InChI=1S/C23H26N4O2/c1-15-11-18-12-17(3-4-21(18)29-15)23(28)27-10-7-20-19(14-27)13-24-22(25-20)16-5-8-26(2)9-6-16/h3-4,11-13,16H,5-10,14H2,1-2H3. The highest BCUT2D eigenvalue weighted by molar-refractivity contribution is 5.98. The second-order valence-electron chi connectivity index (χ2n) is 8.36. The second-order valence-corrected chi connectivity index (χ2v) is 8.36. The van der Waals surface area contributed by atoms with E-state index in [0.717, 1.165) is 66.2 Å². The SMILES string of the molecule is Cc1cc2cc(C(=O)N3CCc4nc(C5CCN(C)CC5)ncc4C3)ccc2o1. The number of hydrogen-bond acceptors (Lipinski definition) is 5. The van der Waals surface area contributed by atoms with Gasteiger partial charge >= 0.3 is 0 Å². The first-order chi connectivity index (χ1) is 14.1. The summed E-state index contributed by atoms with van der Waals surface area (Å²) in [6.07, 6.45) is 4.97. The number of likely N-dealkylation sites (tertiary alicyclic amines) is 1. The molecule has 0 radical (unpaired) electrons. The molecule has 0 unspecified atom stereocenters. The number of aryl methyl sites for hydroxylation is 1. The largest absolute Gasteiger partial charge is 0.461 e. The molecule has 5 rings (SSSR count). The van der Waals surface area contributed by atoms with Gasteiger partial charge in [0.1, 0.15) is 17.2 Å². The first-order valence-corrected chi connectivity index (χ1v) is 10.4. The van der Waals surface area contributed by atoms with Crippen molar-refractivity contribution in [2.45, 2.75) is 38.6 Å². The van der Waals surface area contributed by atoms with E-state index in [0.29, 0.717) is 24.6 Å². The summed E-state index contributed by atoms with van der Waals surface area (Å²) in [7, 11) is 2.17. The predicted octanol–water partition coefficient (Wildman–Crippen LogP) is 3.54. The molecule has 6 heteroatoms. The molecule has 1 aromatic carbocycles. The summed E-state index contributed by atoms with van der Waals surface area (Å²) in [6.45, 7) is 5.40. The van der Waals surface area contributed by atoms with Gasteiger partial charge in [-0.05, 0) is 64.2 Å². The quantitative estimate of drug-likeness (QED) is 0.670. The van der Waals surface area contributed by atoms with E-state index in [1.807, 2.05) is 42.3 Å². The third kappa shape index (κ3) is 3.53. The van der Waals surface area contributed by atoms with Crippen molar-refractivity contribution >= 4 is 16.9 Å². The molecule has 0 atom stereocenters. The van der Waals surface area contributed by atoms with Crippen molar-refractivity contribution in [3.05, 3.63) is 58.9 Å². The van der Waals surface area contributed by atoms with E-state index < -0.39 is 0 Å². The molecule has 2 aromatic heterocycles. The molecule has 4 heterocycles. The van der Waals surface area contributed by atoms with E-state index in [1.54, 1.807) is 0 Å². The van der Waals surface area contributed by atoms with Crippen molar-refractivity contribution in [1.82, 2.24) is 19.8 Å².